The first-order valence-corrected chi connectivity index (χ1v) is 10.8. The number of anilines is 1. The van der Waals surface area contributed by atoms with Crippen molar-refractivity contribution < 1.29 is 46.2 Å². The molecule has 36 heavy (non-hydrogen) atoms. The SMILES string of the molecule is O=C(COc1ccc(Cl)c(F)c1)N[C@H]1CC[C@H](C(=O)Nc2cccc(C(F)(F)F)c2F)N(C(=O)O)C1. The van der Waals surface area contributed by atoms with Gasteiger partial charge in [0, 0.05) is 18.7 Å². The molecule has 8 nitrogen and oxygen atoms in total. The van der Waals surface area contributed by atoms with Crippen LogP contribution in [0.15, 0.2) is 36.4 Å². The third-order valence-corrected chi connectivity index (χ3v) is 5.62. The number of carbonyl (C=O) groups excluding carboxylic acids is 2. The van der Waals surface area contributed by atoms with E-state index in [-0.39, 0.29) is 30.2 Å². The van der Waals surface area contributed by atoms with E-state index >= 15 is 0 Å². The Hall–Kier alpha value is -3.61. The smallest absolute Gasteiger partial charge is 0.419 e. The molecule has 1 aliphatic heterocycles. The van der Waals surface area contributed by atoms with E-state index in [2.05, 4.69) is 5.32 Å². The van der Waals surface area contributed by atoms with Gasteiger partial charge in [-0.05, 0) is 37.1 Å². The molecule has 0 unspecified atom stereocenters. The van der Waals surface area contributed by atoms with Crippen LogP contribution in [0.1, 0.15) is 18.4 Å². The van der Waals surface area contributed by atoms with Crippen molar-refractivity contribution in [2.24, 2.45) is 0 Å². The molecule has 1 fully saturated rings. The molecule has 14 heteroatoms. The molecule has 0 spiro atoms. The highest BCUT2D eigenvalue weighted by atomic mass is 35.5. The molecule has 2 aromatic rings. The van der Waals surface area contributed by atoms with Crippen LogP contribution in [0.2, 0.25) is 5.02 Å². The fourth-order valence-electron chi connectivity index (χ4n) is 3.62. The summed E-state index contributed by atoms with van der Waals surface area (Å²) >= 11 is 5.57. The average Bonchev–Trinajstić information content (AvgIpc) is 2.80. The highest BCUT2D eigenvalue weighted by Crippen LogP contribution is 2.34. The maximum atomic E-state index is 14.2. The molecule has 3 amide bonds. The lowest BCUT2D eigenvalue weighted by molar-refractivity contribution is -0.140. The number of nitrogens with zero attached hydrogens (tertiary/aromatic N) is 1. The molecule has 0 aliphatic carbocycles. The number of hydrogen-bond acceptors (Lipinski definition) is 4. The van der Waals surface area contributed by atoms with E-state index in [9.17, 15) is 41.4 Å². The summed E-state index contributed by atoms with van der Waals surface area (Å²) in [7, 11) is 0. The van der Waals surface area contributed by atoms with Crippen molar-refractivity contribution in [1.82, 2.24) is 10.2 Å². The van der Waals surface area contributed by atoms with Gasteiger partial charge in [0.1, 0.15) is 17.6 Å². The van der Waals surface area contributed by atoms with Crippen molar-refractivity contribution in [3.8, 4) is 5.75 Å². The number of nitrogens with one attached hydrogen (secondary N) is 2. The predicted molar refractivity (Wildman–Crippen MR) is 117 cm³/mol. The predicted octanol–water partition coefficient (Wildman–Crippen LogP) is 4.28. The Morgan fingerprint density at radius 1 is 1.14 bits per heavy atom. The molecule has 1 heterocycles. The first-order valence-electron chi connectivity index (χ1n) is 10.4. The molecule has 2 aromatic carbocycles. The van der Waals surface area contributed by atoms with Gasteiger partial charge in [-0.25, -0.2) is 13.6 Å². The number of likely N-dealkylation sites (tertiary alicyclic amines) is 1. The zero-order chi connectivity index (χ0) is 26.6. The van der Waals surface area contributed by atoms with Crippen LogP contribution in [0.25, 0.3) is 0 Å². The van der Waals surface area contributed by atoms with Crippen molar-refractivity contribution >= 4 is 35.2 Å². The van der Waals surface area contributed by atoms with Crippen molar-refractivity contribution in [2.75, 3.05) is 18.5 Å². The summed E-state index contributed by atoms with van der Waals surface area (Å²) in [6.07, 6.45) is -6.48. The van der Waals surface area contributed by atoms with Gasteiger partial charge in [0.2, 0.25) is 5.91 Å². The van der Waals surface area contributed by atoms with Gasteiger partial charge in [0.25, 0.3) is 5.91 Å². The number of carboxylic acid groups (broad SMARTS) is 1. The van der Waals surface area contributed by atoms with Crippen LogP contribution < -0.4 is 15.4 Å². The summed E-state index contributed by atoms with van der Waals surface area (Å²) in [5, 5.41) is 13.9. The second kappa shape index (κ2) is 11.0. The molecule has 3 rings (SSSR count). The van der Waals surface area contributed by atoms with Crippen LogP contribution in [0.4, 0.5) is 32.4 Å². The average molecular weight is 536 g/mol. The number of halogens is 6. The maximum absolute atomic E-state index is 14.2. The summed E-state index contributed by atoms with van der Waals surface area (Å²) < 4.78 is 71.6. The highest BCUT2D eigenvalue weighted by molar-refractivity contribution is 6.30. The first-order chi connectivity index (χ1) is 16.9. The second-order valence-corrected chi connectivity index (χ2v) is 8.22. The van der Waals surface area contributed by atoms with Gasteiger partial charge in [-0.3, -0.25) is 14.5 Å². The van der Waals surface area contributed by atoms with Crippen molar-refractivity contribution in [1.29, 1.82) is 0 Å². The lowest BCUT2D eigenvalue weighted by atomic mass is 9.97. The number of hydrogen-bond donors (Lipinski definition) is 3. The molecule has 1 saturated heterocycles. The van der Waals surface area contributed by atoms with Crippen LogP contribution in [0, 0.1) is 11.6 Å². The molecule has 0 radical (unpaired) electrons. The second-order valence-electron chi connectivity index (χ2n) is 7.81. The third kappa shape index (κ3) is 6.53. The third-order valence-electron chi connectivity index (χ3n) is 5.32. The number of rotatable bonds is 6. The zero-order valence-corrected chi connectivity index (χ0v) is 19.0. The van der Waals surface area contributed by atoms with E-state index in [4.69, 9.17) is 16.3 Å². The number of ether oxygens (including phenoxy) is 1. The van der Waals surface area contributed by atoms with Gasteiger partial charge >= 0.3 is 12.3 Å². The van der Waals surface area contributed by atoms with Crippen molar-refractivity contribution in [3.63, 3.8) is 0 Å². The van der Waals surface area contributed by atoms with Gasteiger partial charge in [-0.15, -0.1) is 0 Å². The minimum absolute atomic E-state index is 0.0430. The van der Waals surface area contributed by atoms with Crippen molar-refractivity contribution in [2.45, 2.75) is 31.1 Å². The number of alkyl halides is 3. The van der Waals surface area contributed by atoms with Crippen molar-refractivity contribution in [3.05, 3.63) is 58.6 Å². The number of carbonyl (C=O) groups is 3. The summed E-state index contributed by atoms with van der Waals surface area (Å²) in [5.41, 5.74) is -2.32. The Balaban J connectivity index is 1.60. The van der Waals surface area contributed by atoms with Crippen LogP contribution in [0.5, 0.6) is 5.75 Å². The fourth-order valence-corrected chi connectivity index (χ4v) is 3.74. The first kappa shape index (κ1) is 27.0. The lowest BCUT2D eigenvalue weighted by Gasteiger charge is -2.37. The Labute approximate surface area is 206 Å². The molecule has 0 saturated carbocycles. The number of amides is 3. The van der Waals surface area contributed by atoms with E-state index in [0.717, 1.165) is 18.2 Å². The van der Waals surface area contributed by atoms with Crippen LogP contribution in [-0.2, 0) is 15.8 Å². The van der Waals surface area contributed by atoms with Crippen LogP contribution in [0.3, 0.4) is 0 Å². The standard InChI is InChI=1S/C22H19ClF5N3O5/c23-14-6-5-12(8-15(14)24)36-10-18(32)29-11-4-7-17(31(9-11)21(34)35)20(33)30-16-3-1-2-13(19(16)25)22(26,27)28/h1-3,5-6,8,11,17H,4,7,9-10H2,(H,29,32)(H,30,33)(H,34,35)/t11-,17+/m0/s1. The minimum atomic E-state index is -4.99. The van der Waals surface area contributed by atoms with E-state index in [1.165, 1.54) is 12.1 Å². The monoisotopic (exact) mass is 535 g/mol. The van der Waals surface area contributed by atoms with Gasteiger partial charge in [0.15, 0.2) is 12.4 Å². The Morgan fingerprint density at radius 2 is 1.86 bits per heavy atom. The van der Waals surface area contributed by atoms with E-state index in [1.807, 2.05) is 5.32 Å². The highest BCUT2D eigenvalue weighted by Gasteiger charge is 2.38. The van der Waals surface area contributed by atoms with Gasteiger partial charge in [-0.2, -0.15) is 13.2 Å². The van der Waals surface area contributed by atoms with E-state index in [0.29, 0.717) is 11.0 Å². The van der Waals surface area contributed by atoms with Crippen LogP contribution in [-0.4, -0.2) is 53.1 Å². The molecule has 194 valence electrons. The molecule has 3 N–H and O–H groups in total. The summed E-state index contributed by atoms with van der Waals surface area (Å²) in [4.78, 5) is 37.2. The topological polar surface area (TPSA) is 108 Å². The Morgan fingerprint density at radius 3 is 2.50 bits per heavy atom. The minimum Gasteiger partial charge on any atom is -0.484 e. The molecule has 0 bridgehead atoms. The summed E-state index contributed by atoms with van der Waals surface area (Å²) in [5.74, 6) is -4.06. The number of piperidine rings is 1. The quantitative estimate of drug-likeness (QED) is 0.479. The van der Waals surface area contributed by atoms with Gasteiger partial charge < -0.3 is 20.5 Å². The molecule has 0 aromatic heterocycles. The Kier molecular flexibility index (Phi) is 8.23. The molecule has 1 aliphatic rings. The molecule has 2 atom stereocenters. The fraction of sp³-hybridized carbons (Fsp3) is 0.318. The summed E-state index contributed by atoms with van der Waals surface area (Å²) in [6, 6.07) is 3.87. The Bertz CT molecular complexity index is 1160. The van der Waals surface area contributed by atoms with E-state index < -0.39 is 65.7 Å². The zero-order valence-electron chi connectivity index (χ0n) is 18.2. The number of benzene rings is 2. The van der Waals surface area contributed by atoms with Gasteiger partial charge in [-0.1, -0.05) is 17.7 Å². The maximum Gasteiger partial charge on any atom is 0.419 e. The normalized spacial score (nSPS) is 17.9. The molecular weight excluding hydrogens is 517 g/mol. The van der Waals surface area contributed by atoms with E-state index in [1.54, 1.807) is 0 Å². The largest absolute Gasteiger partial charge is 0.484 e. The lowest BCUT2D eigenvalue weighted by Crippen LogP contribution is -2.57. The molecular formula is C22H19ClF5N3O5. The van der Waals surface area contributed by atoms with Gasteiger partial charge in [0.05, 0.1) is 16.3 Å². The summed E-state index contributed by atoms with van der Waals surface area (Å²) in [6.45, 7) is -0.830. The van der Waals surface area contributed by atoms with Crippen LogP contribution >= 0.6 is 11.6 Å².